The third-order valence-electron chi connectivity index (χ3n) is 3.62. The summed E-state index contributed by atoms with van der Waals surface area (Å²) in [5.74, 6) is 0.799. The van der Waals surface area contributed by atoms with Crippen molar-refractivity contribution in [2.24, 2.45) is 0 Å². The molecule has 1 aliphatic heterocycles. The van der Waals surface area contributed by atoms with Gasteiger partial charge in [-0.15, -0.1) is 11.8 Å². The summed E-state index contributed by atoms with van der Waals surface area (Å²) in [6, 6.07) is 11.3. The average molecular weight is 308 g/mol. The van der Waals surface area contributed by atoms with Gasteiger partial charge in [0.2, 0.25) is 0 Å². The van der Waals surface area contributed by atoms with Crippen LogP contribution in [0.1, 0.15) is 23.6 Å². The van der Waals surface area contributed by atoms with Gasteiger partial charge in [0.05, 0.1) is 6.04 Å². The van der Waals surface area contributed by atoms with Gasteiger partial charge in [-0.3, -0.25) is 0 Å². The highest BCUT2D eigenvalue weighted by Crippen LogP contribution is 2.40. The predicted octanol–water partition coefficient (Wildman–Crippen LogP) is 5.44. The van der Waals surface area contributed by atoms with Crippen LogP contribution in [0.4, 0.5) is 10.1 Å². The largest absolute Gasteiger partial charge is 0.378 e. The van der Waals surface area contributed by atoms with Gasteiger partial charge in [-0.05, 0) is 42.7 Å². The molecule has 2 aromatic rings. The molecular formula is C16H15ClFNS. The zero-order valence-corrected chi connectivity index (χ0v) is 12.7. The van der Waals surface area contributed by atoms with Gasteiger partial charge in [0.15, 0.2) is 0 Å². The molecule has 0 radical (unpaired) electrons. The van der Waals surface area contributed by atoms with E-state index in [1.165, 1.54) is 6.07 Å². The summed E-state index contributed by atoms with van der Waals surface area (Å²) < 4.78 is 13.9. The molecule has 20 heavy (non-hydrogen) atoms. The van der Waals surface area contributed by atoms with E-state index < -0.39 is 0 Å². The maximum Gasteiger partial charge on any atom is 0.137 e. The Morgan fingerprint density at radius 2 is 2.05 bits per heavy atom. The molecule has 1 atom stereocenters. The number of halogens is 2. The Bertz CT molecular complexity index is 644. The minimum Gasteiger partial charge on any atom is -0.378 e. The first-order valence-electron chi connectivity index (χ1n) is 6.59. The van der Waals surface area contributed by atoms with E-state index in [4.69, 9.17) is 11.6 Å². The van der Waals surface area contributed by atoms with Crippen LogP contribution >= 0.6 is 23.4 Å². The number of thioether (sulfide) groups is 1. The first-order valence-corrected chi connectivity index (χ1v) is 7.96. The van der Waals surface area contributed by atoms with Crippen LogP contribution in [0.5, 0.6) is 0 Å². The normalized spacial score (nSPS) is 17.6. The minimum atomic E-state index is -0.123. The molecule has 0 saturated heterocycles. The molecule has 104 valence electrons. The van der Waals surface area contributed by atoms with E-state index in [-0.39, 0.29) is 11.9 Å². The van der Waals surface area contributed by atoms with E-state index >= 15 is 0 Å². The lowest BCUT2D eigenvalue weighted by Crippen LogP contribution is -2.17. The van der Waals surface area contributed by atoms with Crippen LogP contribution in [0.3, 0.4) is 0 Å². The minimum absolute atomic E-state index is 0.123. The highest BCUT2D eigenvalue weighted by atomic mass is 35.5. The molecule has 3 rings (SSSR count). The molecule has 1 heterocycles. The van der Waals surface area contributed by atoms with Crippen molar-refractivity contribution in [3.63, 3.8) is 0 Å². The lowest BCUT2D eigenvalue weighted by molar-refractivity contribution is 0.585. The Hall–Kier alpha value is -1.19. The van der Waals surface area contributed by atoms with E-state index in [9.17, 15) is 4.39 Å². The second-order valence-corrected chi connectivity index (χ2v) is 6.42. The number of anilines is 1. The molecule has 1 aliphatic rings. The molecule has 4 heteroatoms. The Morgan fingerprint density at radius 1 is 1.25 bits per heavy atom. The van der Waals surface area contributed by atoms with Crippen LogP contribution in [0.2, 0.25) is 5.02 Å². The number of fused-ring (bicyclic) bond motifs is 1. The summed E-state index contributed by atoms with van der Waals surface area (Å²) >= 11 is 7.75. The molecule has 1 N–H and O–H groups in total. The van der Waals surface area contributed by atoms with Crippen molar-refractivity contribution in [1.82, 2.24) is 0 Å². The molecule has 0 fully saturated rings. The third kappa shape index (κ3) is 2.52. The smallest absolute Gasteiger partial charge is 0.137 e. The molecule has 0 spiro atoms. The molecule has 2 aromatic carbocycles. The van der Waals surface area contributed by atoms with Crippen molar-refractivity contribution >= 4 is 29.1 Å². The monoisotopic (exact) mass is 307 g/mol. The maximum atomic E-state index is 13.9. The summed E-state index contributed by atoms with van der Waals surface area (Å²) in [5.41, 5.74) is 3.09. The van der Waals surface area contributed by atoms with E-state index in [2.05, 4.69) is 5.32 Å². The van der Waals surface area contributed by atoms with Crippen LogP contribution in [0.15, 0.2) is 41.3 Å². The summed E-state index contributed by atoms with van der Waals surface area (Å²) in [4.78, 5) is 0.774. The summed E-state index contributed by atoms with van der Waals surface area (Å²) in [6.07, 6.45) is 0.979. The lowest BCUT2D eigenvalue weighted by Gasteiger charge is -2.27. The Labute approximate surface area is 127 Å². The van der Waals surface area contributed by atoms with Crippen molar-refractivity contribution in [3.05, 3.63) is 58.4 Å². The van der Waals surface area contributed by atoms with Gasteiger partial charge in [0, 0.05) is 21.4 Å². The second-order valence-electron chi connectivity index (χ2n) is 4.90. The van der Waals surface area contributed by atoms with Crippen LogP contribution in [0, 0.1) is 12.7 Å². The Balaban J connectivity index is 1.94. The van der Waals surface area contributed by atoms with Gasteiger partial charge in [0.25, 0.3) is 0 Å². The molecule has 0 saturated carbocycles. The van der Waals surface area contributed by atoms with Gasteiger partial charge in [0.1, 0.15) is 5.82 Å². The van der Waals surface area contributed by atoms with Crippen molar-refractivity contribution in [2.45, 2.75) is 24.3 Å². The first-order chi connectivity index (χ1) is 9.66. The van der Waals surface area contributed by atoms with Gasteiger partial charge >= 0.3 is 0 Å². The molecule has 0 aromatic heterocycles. The van der Waals surface area contributed by atoms with Crippen molar-refractivity contribution in [3.8, 4) is 0 Å². The quantitative estimate of drug-likeness (QED) is 0.793. The van der Waals surface area contributed by atoms with Crippen molar-refractivity contribution in [2.75, 3.05) is 11.1 Å². The predicted molar refractivity (Wildman–Crippen MR) is 84.3 cm³/mol. The van der Waals surface area contributed by atoms with Gasteiger partial charge < -0.3 is 5.32 Å². The third-order valence-corrected chi connectivity index (χ3v) is 5.19. The van der Waals surface area contributed by atoms with Crippen LogP contribution < -0.4 is 5.32 Å². The van der Waals surface area contributed by atoms with Crippen molar-refractivity contribution < 1.29 is 4.39 Å². The summed E-state index contributed by atoms with van der Waals surface area (Å²) in [7, 11) is 0. The number of benzene rings is 2. The van der Waals surface area contributed by atoms with Crippen LogP contribution in [0.25, 0.3) is 0 Å². The first kappa shape index (κ1) is 13.8. The SMILES string of the molecule is Cc1c(Cl)cccc1NC1CCSc2c(F)cccc21. The highest BCUT2D eigenvalue weighted by molar-refractivity contribution is 7.99. The fraction of sp³-hybridized carbons (Fsp3) is 0.250. The standard InChI is InChI=1S/C16H15ClFNS/c1-10-12(17)5-3-7-14(10)19-15-8-9-20-16-11(15)4-2-6-13(16)18/h2-7,15,19H,8-9H2,1H3. The number of rotatable bonds is 2. The molecule has 0 aliphatic carbocycles. The fourth-order valence-corrected chi connectivity index (χ4v) is 3.80. The topological polar surface area (TPSA) is 12.0 Å². The van der Waals surface area contributed by atoms with Crippen molar-refractivity contribution in [1.29, 1.82) is 0 Å². The Kier molecular flexibility index (Phi) is 3.90. The van der Waals surface area contributed by atoms with E-state index in [0.29, 0.717) is 0 Å². The second kappa shape index (κ2) is 5.66. The van der Waals surface area contributed by atoms with E-state index in [0.717, 1.165) is 38.9 Å². The zero-order valence-electron chi connectivity index (χ0n) is 11.1. The van der Waals surface area contributed by atoms with Gasteiger partial charge in [-0.2, -0.15) is 0 Å². The lowest BCUT2D eigenvalue weighted by atomic mass is 10.0. The van der Waals surface area contributed by atoms with E-state index in [1.807, 2.05) is 31.2 Å². The maximum absolute atomic E-state index is 13.9. The van der Waals surface area contributed by atoms with E-state index in [1.54, 1.807) is 17.8 Å². The number of nitrogens with one attached hydrogen (secondary N) is 1. The zero-order chi connectivity index (χ0) is 14.1. The molecule has 0 bridgehead atoms. The summed E-state index contributed by atoms with van der Waals surface area (Å²) in [5, 5.41) is 4.26. The molecule has 1 nitrogen and oxygen atoms in total. The molecular weight excluding hydrogens is 293 g/mol. The van der Waals surface area contributed by atoms with Crippen LogP contribution in [-0.2, 0) is 0 Å². The summed E-state index contributed by atoms with van der Waals surface area (Å²) in [6.45, 7) is 1.99. The fourth-order valence-electron chi connectivity index (χ4n) is 2.49. The molecule has 1 unspecified atom stereocenters. The van der Waals surface area contributed by atoms with Crippen LogP contribution in [-0.4, -0.2) is 5.75 Å². The van der Waals surface area contributed by atoms with Gasteiger partial charge in [-0.1, -0.05) is 29.8 Å². The van der Waals surface area contributed by atoms with Gasteiger partial charge in [-0.25, -0.2) is 4.39 Å². The Morgan fingerprint density at radius 3 is 2.90 bits per heavy atom. The highest BCUT2D eigenvalue weighted by Gasteiger charge is 2.23. The average Bonchev–Trinajstić information content (AvgIpc) is 2.45. The molecule has 0 amide bonds. The number of hydrogen-bond acceptors (Lipinski definition) is 2. The number of hydrogen-bond donors (Lipinski definition) is 1.